The number of hydrogen-bond acceptors (Lipinski definition) is 5. The summed E-state index contributed by atoms with van der Waals surface area (Å²) in [6, 6.07) is 14.7. The maximum atomic E-state index is 12.8. The third-order valence-corrected chi connectivity index (χ3v) is 6.02. The van der Waals surface area contributed by atoms with Gasteiger partial charge in [-0.05, 0) is 49.9 Å². The summed E-state index contributed by atoms with van der Waals surface area (Å²) in [5.74, 6) is -0.310. The molecule has 1 atom stereocenters. The molecule has 2 N–H and O–H groups in total. The lowest BCUT2D eigenvalue weighted by Crippen LogP contribution is -2.36. The summed E-state index contributed by atoms with van der Waals surface area (Å²) in [5.41, 5.74) is 4.36. The van der Waals surface area contributed by atoms with Crippen LogP contribution in [-0.4, -0.2) is 38.7 Å². The molecule has 1 unspecified atom stereocenters. The van der Waals surface area contributed by atoms with E-state index < -0.39 is 17.6 Å². The van der Waals surface area contributed by atoms with E-state index in [0.717, 1.165) is 53.2 Å². The Morgan fingerprint density at radius 3 is 2.51 bits per heavy atom. The van der Waals surface area contributed by atoms with Crippen LogP contribution in [0.25, 0.3) is 11.1 Å². The van der Waals surface area contributed by atoms with E-state index in [1.807, 2.05) is 63.2 Å². The van der Waals surface area contributed by atoms with E-state index >= 15 is 0 Å². The van der Waals surface area contributed by atoms with Crippen molar-refractivity contribution in [2.45, 2.75) is 65.1 Å². The van der Waals surface area contributed by atoms with Crippen LogP contribution in [0, 0.1) is 0 Å². The van der Waals surface area contributed by atoms with Crippen LogP contribution >= 0.6 is 0 Å². The Bertz CT molecular complexity index is 1220. The Labute approximate surface area is 206 Å². The average molecular weight is 476 g/mol. The molecule has 4 rings (SSSR count). The lowest BCUT2D eigenvalue weighted by molar-refractivity contribution is -0.140. The summed E-state index contributed by atoms with van der Waals surface area (Å²) in [4.78, 5) is 29.5. The van der Waals surface area contributed by atoms with E-state index in [4.69, 9.17) is 9.72 Å². The van der Waals surface area contributed by atoms with Crippen LogP contribution in [0.5, 0.6) is 0 Å². The Morgan fingerprint density at radius 2 is 1.86 bits per heavy atom. The first-order valence-electron chi connectivity index (χ1n) is 12.1. The van der Waals surface area contributed by atoms with Crippen LogP contribution in [-0.2, 0) is 28.9 Å². The SMILES string of the molecule is CCCc1nc2c(n1Cc1ccc(-c3ccccc3C(=O)OC(C)(C)C)cc1)C(C(=O)O)NCC2. The topological polar surface area (TPSA) is 93.5 Å². The number of ether oxygens (including phenoxy) is 1. The summed E-state index contributed by atoms with van der Waals surface area (Å²) in [5, 5.41) is 12.9. The Hall–Kier alpha value is -3.45. The van der Waals surface area contributed by atoms with Crippen LogP contribution in [0.2, 0.25) is 0 Å². The number of nitrogens with zero attached hydrogens (tertiary/aromatic N) is 2. The fourth-order valence-corrected chi connectivity index (χ4v) is 4.52. The first-order valence-corrected chi connectivity index (χ1v) is 12.1. The van der Waals surface area contributed by atoms with E-state index in [1.54, 1.807) is 6.07 Å². The maximum Gasteiger partial charge on any atom is 0.339 e. The van der Waals surface area contributed by atoms with E-state index in [1.165, 1.54) is 0 Å². The van der Waals surface area contributed by atoms with Gasteiger partial charge in [-0.15, -0.1) is 0 Å². The lowest BCUT2D eigenvalue weighted by atomic mass is 9.98. The third kappa shape index (κ3) is 5.46. The largest absolute Gasteiger partial charge is 0.480 e. The van der Waals surface area contributed by atoms with Crippen molar-refractivity contribution in [3.8, 4) is 11.1 Å². The van der Waals surface area contributed by atoms with Gasteiger partial charge < -0.3 is 14.4 Å². The summed E-state index contributed by atoms with van der Waals surface area (Å²) in [7, 11) is 0. The highest BCUT2D eigenvalue weighted by atomic mass is 16.6. The summed E-state index contributed by atoms with van der Waals surface area (Å²) >= 11 is 0. The van der Waals surface area contributed by atoms with Crippen LogP contribution in [0.3, 0.4) is 0 Å². The number of rotatable bonds is 7. The molecule has 0 amide bonds. The normalized spacial score (nSPS) is 15.5. The standard InChI is InChI=1S/C28H33N3O4/c1-5-8-23-30-22-15-16-29-24(26(32)33)25(22)31(23)17-18-11-13-19(14-12-18)20-9-6-7-10-21(20)27(34)35-28(2,3)4/h6-7,9-14,24,29H,5,8,15-17H2,1-4H3,(H,32,33). The molecule has 3 aromatic rings. The zero-order valence-corrected chi connectivity index (χ0v) is 20.8. The zero-order chi connectivity index (χ0) is 25.2. The van der Waals surface area contributed by atoms with Gasteiger partial charge in [0.15, 0.2) is 0 Å². The van der Waals surface area contributed by atoms with Crippen molar-refractivity contribution >= 4 is 11.9 Å². The van der Waals surface area contributed by atoms with Gasteiger partial charge in [-0.1, -0.05) is 49.4 Å². The number of esters is 1. The molecule has 0 aliphatic carbocycles. The predicted octanol–water partition coefficient (Wildman–Crippen LogP) is 4.78. The van der Waals surface area contributed by atoms with Gasteiger partial charge in [0, 0.05) is 25.9 Å². The molecule has 0 bridgehead atoms. The second-order valence-electron chi connectivity index (χ2n) is 9.92. The average Bonchev–Trinajstić information content (AvgIpc) is 3.15. The molecule has 1 aliphatic rings. The van der Waals surface area contributed by atoms with Gasteiger partial charge in [0.2, 0.25) is 0 Å². The molecule has 35 heavy (non-hydrogen) atoms. The van der Waals surface area contributed by atoms with Gasteiger partial charge >= 0.3 is 11.9 Å². The zero-order valence-electron chi connectivity index (χ0n) is 20.8. The lowest BCUT2D eigenvalue weighted by Gasteiger charge is -2.23. The number of aryl methyl sites for hydroxylation is 1. The van der Waals surface area contributed by atoms with Gasteiger partial charge in [0.25, 0.3) is 0 Å². The van der Waals surface area contributed by atoms with Crippen molar-refractivity contribution in [1.29, 1.82) is 0 Å². The van der Waals surface area contributed by atoms with E-state index in [2.05, 4.69) is 16.8 Å². The first-order chi connectivity index (χ1) is 16.7. The van der Waals surface area contributed by atoms with Gasteiger partial charge in [0.1, 0.15) is 17.5 Å². The number of aliphatic carboxylic acids is 1. The fraction of sp³-hybridized carbons (Fsp3) is 0.393. The number of benzene rings is 2. The number of aromatic nitrogens is 2. The number of carbonyl (C=O) groups is 2. The first kappa shape index (κ1) is 24.7. The number of nitrogens with one attached hydrogen (secondary N) is 1. The minimum atomic E-state index is -0.885. The summed E-state index contributed by atoms with van der Waals surface area (Å²) in [6.45, 7) is 8.81. The molecule has 0 saturated carbocycles. The summed E-state index contributed by atoms with van der Waals surface area (Å²) in [6.07, 6.45) is 2.45. The minimum Gasteiger partial charge on any atom is -0.480 e. The predicted molar refractivity (Wildman–Crippen MR) is 134 cm³/mol. The van der Waals surface area contributed by atoms with E-state index in [-0.39, 0.29) is 5.97 Å². The van der Waals surface area contributed by atoms with Crippen molar-refractivity contribution in [1.82, 2.24) is 14.9 Å². The number of hydrogen-bond donors (Lipinski definition) is 2. The molecule has 1 aromatic heterocycles. The smallest absolute Gasteiger partial charge is 0.339 e. The monoisotopic (exact) mass is 475 g/mol. The van der Waals surface area contributed by atoms with Crippen molar-refractivity contribution in [3.63, 3.8) is 0 Å². The van der Waals surface area contributed by atoms with Crippen LogP contribution in [0.4, 0.5) is 0 Å². The van der Waals surface area contributed by atoms with Crippen LogP contribution in [0.1, 0.15) is 73.3 Å². The van der Waals surface area contributed by atoms with Crippen molar-refractivity contribution in [2.24, 2.45) is 0 Å². The van der Waals surface area contributed by atoms with E-state index in [0.29, 0.717) is 18.7 Å². The molecule has 0 saturated heterocycles. The molecule has 1 aliphatic heterocycles. The van der Waals surface area contributed by atoms with Crippen molar-refractivity contribution in [2.75, 3.05) is 6.54 Å². The minimum absolute atomic E-state index is 0.348. The fourth-order valence-electron chi connectivity index (χ4n) is 4.52. The molecule has 7 nitrogen and oxygen atoms in total. The highest BCUT2D eigenvalue weighted by Crippen LogP contribution is 2.29. The quantitative estimate of drug-likeness (QED) is 0.478. The maximum absolute atomic E-state index is 12.8. The molecular formula is C28H33N3O4. The Balaban J connectivity index is 1.64. The number of carbonyl (C=O) groups excluding carboxylic acids is 1. The second-order valence-corrected chi connectivity index (χ2v) is 9.92. The van der Waals surface area contributed by atoms with Gasteiger partial charge in [-0.2, -0.15) is 0 Å². The number of imidazole rings is 1. The second kappa shape index (κ2) is 10.0. The van der Waals surface area contributed by atoms with E-state index in [9.17, 15) is 14.7 Å². The van der Waals surface area contributed by atoms with Crippen molar-refractivity contribution in [3.05, 3.63) is 76.9 Å². The highest BCUT2D eigenvalue weighted by Gasteiger charge is 2.32. The molecule has 0 fully saturated rings. The molecule has 2 heterocycles. The third-order valence-electron chi connectivity index (χ3n) is 6.02. The summed E-state index contributed by atoms with van der Waals surface area (Å²) < 4.78 is 7.66. The van der Waals surface area contributed by atoms with Gasteiger partial charge in [-0.25, -0.2) is 9.78 Å². The molecule has 184 valence electrons. The highest BCUT2D eigenvalue weighted by molar-refractivity contribution is 5.97. The Morgan fingerprint density at radius 1 is 1.14 bits per heavy atom. The number of fused-ring (bicyclic) bond motifs is 1. The Kier molecular flexibility index (Phi) is 7.08. The van der Waals surface area contributed by atoms with Crippen LogP contribution in [0.15, 0.2) is 48.5 Å². The number of carboxylic acids is 1. The number of carboxylic acid groups (broad SMARTS) is 1. The molecule has 2 aromatic carbocycles. The molecular weight excluding hydrogens is 442 g/mol. The van der Waals surface area contributed by atoms with Crippen LogP contribution < -0.4 is 5.32 Å². The van der Waals surface area contributed by atoms with Gasteiger partial charge in [0.05, 0.1) is 17.0 Å². The molecule has 0 radical (unpaired) electrons. The molecule has 7 heteroatoms. The molecule has 0 spiro atoms. The van der Waals surface area contributed by atoms with Crippen molar-refractivity contribution < 1.29 is 19.4 Å². The van der Waals surface area contributed by atoms with Gasteiger partial charge in [-0.3, -0.25) is 10.1 Å².